The number of aromatic hydroxyl groups is 1. The standard InChI is InChI=1S/C16H19NO3/c1-19-11-12-5-3-4-6-15(12)17-10-13-9-14(20-2)7-8-16(13)18/h3-9,17-18H,10-11H2,1-2H3. The van der Waals surface area contributed by atoms with Crippen LogP contribution < -0.4 is 10.1 Å². The smallest absolute Gasteiger partial charge is 0.120 e. The Morgan fingerprint density at radius 2 is 1.85 bits per heavy atom. The molecule has 0 aliphatic heterocycles. The zero-order valence-electron chi connectivity index (χ0n) is 11.7. The van der Waals surface area contributed by atoms with Gasteiger partial charge in [0, 0.05) is 30.5 Å². The number of anilines is 1. The van der Waals surface area contributed by atoms with Crippen LogP contribution in [0.1, 0.15) is 11.1 Å². The minimum absolute atomic E-state index is 0.252. The lowest BCUT2D eigenvalue weighted by molar-refractivity contribution is 0.185. The molecular formula is C16H19NO3. The topological polar surface area (TPSA) is 50.7 Å². The number of phenolic OH excluding ortho intramolecular Hbond substituents is 1. The summed E-state index contributed by atoms with van der Waals surface area (Å²) >= 11 is 0. The SMILES string of the molecule is COCc1ccccc1NCc1cc(OC)ccc1O. The van der Waals surface area contributed by atoms with E-state index in [1.54, 1.807) is 26.4 Å². The Kier molecular flexibility index (Phi) is 4.85. The number of ether oxygens (including phenoxy) is 2. The molecule has 0 spiro atoms. The molecule has 0 aromatic heterocycles. The molecule has 0 unspecified atom stereocenters. The summed E-state index contributed by atoms with van der Waals surface area (Å²) in [4.78, 5) is 0. The van der Waals surface area contributed by atoms with E-state index in [2.05, 4.69) is 5.32 Å². The molecule has 0 fully saturated rings. The van der Waals surface area contributed by atoms with Crippen LogP contribution in [0.5, 0.6) is 11.5 Å². The van der Waals surface area contributed by atoms with Crippen molar-refractivity contribution >= 4 is 5.69 Å². The number of methoxy groups -OCH3 is 2. The Morgan fingerprint density at radius 3 is 2.60 bits per heavy atom. The molecular weight excluding hydrogens is 254 g/mol. The lowest BCUT2D eigenvalue weighted by atomic mass is 10.1. The lowest BCUT2D eigenvalue weighted by Gasteiger charge is -2.13. The molecule has 4 heteroatoms. The van der Waals surface area contributed by atoms with Gasteiger partial charge in [-0.05, 0) is 24.3 Å². The fourth-order valence-electron chi connectivity index (χ4n) is 2.00. The van der Waals surface area contributed by atoms with Gasteiger partial charge >= 0.3 is 0 Å². The molecule has 2 N–H and O–H groups in total. The maximum absolute atomic E-state index is 9.86. The minimum Gasteiger partial charge on any atom is -0.508 e. The van der Waals surface area contributed by atoms with Gasteiger partial charge in [-0.3, -0.25) is 0 Å². The Hall–Kier alpha value is -2.20. The molecule has 2 aromatic rings. The van der Waals surface area contributed by atoms with E-state index < -0.39 is 0 Å². The van der Waals surface area contributed by atoms with Crippen LogP contribution in [0.15, 0.2) is 42.5 Å². The predicted molar refractivity (Wildman–Crippen MR) is 79.1 cm³/mol. The fraction of sp³-hybridized carbons (Fsp3) is 0.250. The van der Waals surface area contributed by atoms with Gasteiger partial charge in [-0.15, -0.1) is 0 Å². The first-order chi connectivity index (χ1) is 9.74. The highest BCUT2D eigenvalue weighted by Crippen LogP contribution is 2.24. The van der Waals surface area contributed by atoms with Crippen molar-refractivity contribution < 1.29 is 14.6 Å². The van der Waals surface area contributed by atoms with E-state index in [1.807, 2.05) is 30.3 Å². The third-order valence-electron chi connectivity index (χ3n) is 3.07. The molecule has 0 aliphatic rings. The van der Waals surface area contributed by atoms with Crippen molar-refractivity contribution in [2.24, 2.45) is 0 Å². The number of hydrogen-bond acceptors (Lipinski definition) is 4. The third-order valence-corrected chi connectivity index (χ3v) is 3.07. The molecule has 0 aliphatic carbocycles. The second kappa shape index (κ2) is 6.82. The first-order valence-corrected chi connectivity index (χ1v) is 6.41. The van der Waals surface area contributed by atoms with Gasteiger partial charge in [-0.25, -0.2) is 0 Å². The van der Waals surface area contributed by atoms with Crippen LogP contribution in [0.2, 0.25) is 0 Å². The number of phenols is 1. The molecule has 0 amide bonds. The summed E-state index contributed by atoms with van der Waals surface area (Å²) < 4.78 is 10.3. The van der Waals surface area contributed by atoms with Gasteiger partial charge in [-0.1, -0.05) is 18.2 Å². The van der Waals surface area contributed by atoms with E-state index in [-0.39, 0.29) is 5.75 Å². The number of nitrogens with one attached hydrogen (secondary N) is 1. The molecule has 106 valence electrons. The van der Waals surface area contributed by atoms with E-state index in [4.69, 9.17) is 9.47 Å². The molecule has 2 aromatic carbocycles. The van der Waals surface area contributed by atoms with E-state index in [0.717, 1.165) is 22.6 Å². The van der Waals surface area contributed by atoms with Gasteiger partial charge in [0.25, 0.3) is 0 Å². The van der Waals surface area contributed by atoms with E-state index in [1.165, 1.54) is 0 Å². The maximum atomic E-state index is 9.86. The zero-order chi connectivity index (χ0) is 14.4. The number of para-hydroxylation sites is 1. The van der Waals surface area contributed by atoms with Crippen molar-refractivity contribution in [3.63, 3.8) is 0 Å². The first-order valence-electron chi connectivity index (χ1n) is 6.41. The van der Waals surface area contributed by atoms with Gasteiger partial charge < -0.3 is 19.9 Å². The second-order valence-electron chi connectivity index (χ2n) is 4.44. The van der Waals surface area contributed by atoms with Gasteiger partial charge in [0.2, 0.25) is 0 Å². The van der Waals surface area contributed by atoms with Crippen molar-refractivity contribution in [2.75, 3.05) is 19.5 Å². The van der Waals surface area contributed by atoms with Crippen LogP contribution in [-0.2, 0) is 17.9 Å². The largest absolute Gasteiger partial charge is 0.508 e. The van der Waals surface area contributed by atoms with E-state index >= 15 is 0 Å². The van der Waals surface area contributed by atoms with Crippen molar-refractivity contribution in [1.29, 1.82) is 0 Å². The summed E-state index contributed by atoms with van der Waals surface area (Å²) in [6.45, 7) is 1.07. The fourth-order valence-corrected chi connectivity index (χ4v) is 2.00. The Balaban J connectivity index is 2.12. The molecule has 0 saturated carbocycles. The zero-order valence-corrected chi connectivity index (χ0v) is 11.7. The summed E-state index contributed by atoms with van der Waals surface area (Å²) in [7, 11) is 3.28. The number of hydrogen-bond donors (Lipinski definition) is 2. The van der Waals surface area contributed by atoms with Crippen LogP contribution in [0.4, 0.5) is 5.69 Å². The normalized spacial score (nSPS) is 10.3. The highest BCUT2D eigenvalue weighted by atomic mass is 16.5. The first kappa shape index (κ1) is 14.2. The summed E-state index contributed by atoms with van der Waals surface area (Å²) in [5, 5.41) is 13.2. The van der Waals surface area contributed by atoms with Crippen molar-refractivity contribution in [3.05, 3.63) is 53.6 Å². The average Bonchev–Trinajstić information content (AvgIpc) is 2.48. The third kappa shape index (κ3) is 3.42. The van der Waals surface area contributed by atoms with E-state index in [0.29, 0.717) is 13.2 Å². The number of rotatable bonds is 6. The van der Waals surface area contributed by atoms with Gasteiger partial charge in [0.05, 0.1) is 13.7 Å². The number of benzene rings is 2. The van der Waals surface area contributed by atoms with Crippen LogP contribution in [0.25, 0.3) is 0 Å². The summed E-state index contributed by atoms with van der Waals surface area (Å²) in [5.41, 5.74) is 2.87. The second-order valence-corrected chi connectivity index (χ2v) is 4.44. The molecule has 0 bridgehead atoms. The van der Waals surface area contributed by atoms with Crippen LogP contribution in [0.3, 0.4) is 0 Å². The molecule has 0 saturated heterocycles. The van der Waals surface area contributed by atoms with Crippen LogP contribution in [0, 0.1) is 0 Å². The lowest BCUT2D eigenvalue weighted by Crippen LogP contribution is -2.03. The molecule has 0 radical (unpaired) electrons. The molecule has 4 nitrogen and oxygen atoms in total. The molecule has 0 atom stereocenters. The van der Waals surface area contributed by atoms with Crippen molar-refractivity contribution in [2.45, 2.75) is 13.2 Å². The summed E-state index contributed by atoms with van der Waals surface area (Å²) in [6, 6.07) is 13.1. The summed E-state index contributed by atoms with van der Waals surface area (Å²) in [6.07, 6.45) is 0. The van der Waals surface area contributed by atoms with Crippen LogP contribution >= 0.6 is 0 Å². The highest BCUT2D eigenvalue weighted by Gasteiger charge is 2.05. The van der Waals surface area contributed by atoms with Gasteiger partial charge in [0.1, 0.15) is 11.5 Å². The Bertz CT molecular complexity index is 569. The van der Waals surface area contributed by atoms with Crippen molar-refractivity contribution in [3.8, 4) is 11.5 Å². The average molecular weight is 273 g/mol. The Labute approximate surface area is 119 Å². The Morgan fingerprint density at radius 1 is 1.05 bits per heavy atom. The molecule has 2 rings (SSSR count). The minimum atomic E-state index is 0.252. The molecule has 0 heterocycles. The maximum Gasteiger partial charge on any atom is 0.120 e. The molecule has 20 heavy (non-hydrogen) atoms. The monoisotopic (exact) mass is 273 g/mol. The highest BCUT2D eigenvalue weighted by molar-refractivity contribution is 5.52. The quantitative estimate of drug-likeness (QED) is 0.849. The summed E-state index contributed by atoms with van der Waals surface area (Å²) in [5.74, 6) is 0.979. The van der Waals surface area contributed by atoms with Crippen LogP contribution in [-0.4, -0.2) is 19.3 Å². The van der Waals surface area contributed by atoms with Gasteiger partial charge in [-0.2, -0.15) is 0 Å². The van der Waals surface area contributed by atoms with Gasteiger partial charge in [0.15, 0.2) is 0 Å². The van der Waals surface area contributed by atoms with E-state index in [9.17, 15) is 5.11 Å². The predicted octanol–water partition coefficient (Wildman–Crippen LogP) is 3.16. The van der Waals surface area contributed by atoms with Crippen molar-refractivity contribution in [1.82, 2.24) is 0 Å².